The van der Waals surface area contributed by atoms with Crippen molar-refractivity contribution < 1.29 is 8.42 Å². The number of unbranched alkanes of at least 4 members (excludes halogenated alkanes) is 1. The van der Waals surface area contributed by atoms with Crippen LogP contribution in [0.1, 0.15) is 33.1 Å². The zero-order chi connectivity index (χ0) is 11.5. The molecular formula is C10H22N2O2S. The molecule has 1 rings (SSSR count). The maximum Gasteiger partial charge on any atom is 0.214 e. The third-order valence-corrected chi connectivity index (χ3v) is 5.00. The van der Waals surface area contributed by atoms with Crippen LogP contribution in [0.25, 0.3) is 0 Å². The van der Waals surface area contributed by atoms with E-state index in [2.05, 4.69) is 0 Å². The van der Waals surface area contributed by atoms with Crippen LogP contribution in [-0.4, -0.2) is 37.6 Å². The minimum atomic E-state index is -3.01. The van der Waals surface area contributed by atoms with Gasteiger partial charge in [0.25, 0.3) is 0 Å². The summed E-state index contributed by atoms with van der Waals surface area (Å²) in [6.07, 6.45) is 2.58. The van der Waals surface area contributed by atoms with Crippen LogP contribution in [0.5, 0.6) is 0 Å². The van der Waals surface area contributed by atoms with Gasteiger partial charge in [-0.3, -0.25) is 0 Å². The molecule has 0 spiro atoms. The van der Waals surface area contributed by atoms with Gasteiger partial charge in [-0.2, -0.15) is 0 Å². The van der Waals surface area contributed by atoms with E-state index in [0.717, 1.165) is 19.3 Å². The monoisotopic (exact) mass is 234 g/mol. The molecule has 0 saturated carbocycles. The van der Waals surface area contributed by atoms with Gasteiger partial charge < -0.3 is 5.73 Å². The van der Waals surface area contributed by atoms with Gasteiger partial charge in [0, 0.05) is 19.1 Å². The van der Waals surface area contributed by atoms with Crippen LogP contribution in [-0.2, 0) is 10.0 Å². The van der Waals surface area contributed by atoms with Crippen LogP contribution < -0.4 is 5.73 Å². The molecule has 0 bridgehead atoms. The summed E-state index contributed by atoms with van der Waals surface area (Å²) in [6, 6.07) is 0.0939. The summed E-state index contributed by atoms with van der Waals surface area (Å²) in [4.78, 5) is 0. The summed E-state index contributed by atoms with van der Waals surface area (Å²) in [6.45, 7) is 5.22. The van der Waals surface area contributed by atoms with Crippen molar-refractivity contribution >= 4 is 10.0 Å². The second-order valence-electron chi connectivity index (χ2n) is 4.44. The molecule has 0 aromatic rings. The van der Waals surface area contributed by atoms with Crippen LogP contribution in [0.3, 0.4) is 0 Å². The Morgan fingerprint density at radius 2 is 2.20 bits per heavy atom. The van der Waals surface area contributed by atoms with Crippen molar-refractivity contribution in [3.63, 3.8) is 0 Å². The Balaban J connectivity index is 2.52. The molecule has 1 heterocycles. The minimum Gasteiger partial charge on any atom is -0.328 e. The van der Waals surface area contributed by atoms with E-state index in [4.69, 9.17) is 5.73 Å². The number of rotatable bonds is 5. The van der Waals surface area contributed by atoms with Gasteiger partial charge in [0.15, 0.2) is 0 Å². The average Bonchev–Trinajstić information content (AvgIpc) is 2.64. The van der Waals surface area contributed by atoms with E-state index in [1.807, 2.05) is 13.8 Å². The molecule has 1 fully saturated rings. The second kappa shape index (κ2) is 5.27. The summed E-state index contributed by atoms with van der Waals surface area (Å²) < 4.78 is 25.3. The van der Waals surface area contributed by atoms with E-state index in [1.165, 1.54) is 0 Å². The fourth-order valence-electron chi connectivity index (χ4n) is 1.89. The van der Waals surface area contributed by atoms with Gasteiger partial charge in [-0.05, 0) is 25.7 Å². The van der Waals surface area contributed by atoms with Gasteiger partial charge >= 0.3 is 0 Å². The molecule has 2 atom stereocenters. The van der Waals surface area contributed by atoms with Crippen molar-refractivity contribution in [2.24, 2.45) is 11.7 Å². The average molecular weight is 234 g/mol. The number of hydrogen-bond acceptors (Lipinski definition) is 3. The van der Waals surface area contributed by atoms with Crippen molar-refractivity contribution in [2.45, 2.75) is 39.2 Å². The lowest BCUT2D eigenvalue weighted by molar-refractivity contribution is 0.428. The first kappa shape index (κ1) is 12.9. The first-order valence-corrected chi connectivity index (χ1v) is 7.31. The summed E-state index contributed by atoms with van der Waals surface area (Å²) in [5.41, 5.74) is 5.78. The molecule has 90 valence electrons. The largest absolute Gasteiger partial charge is 0.328 e. The van der Waals surface area contributed by atoms with Crippen LogP contribution in [0.2, 0.25) is 0 Å². The molecule has 0 aromatic heterocycles. The Hall–Kier alpha value is -0.130. The number of nitrogens with two attached hydrogens (primary N) is 1. The van der Waals surface area contributed by atoms with Gasteiger partial charge in [-0.1, -0.05) is 13.3 Å². The van der Waals surface area contributed by atoms with Crippen molar-refractivity contribution in [1.82, 2.24) is 4.31 Å². The molecule has 5 heteroatoms. The van der Waals surface area contributed by atoms with E-state index in [9.17, 15) is 8.42 Å². The van der Waals surface area contributed by atoms with Crippen molar-refractivity contribution in [3.8, 4) is 0 Å². The lowest BCUT2D eigenvalue weighted by Gasteiger charge is -2.17. The van der Waals surface area contributed by atoms with E-state index in [0.29, 0.717) is 19.0 Å². The zero-order valence-electron chi connectivity index (χ0n) is 9.65. The molecule has 1 aliphatic heterocycles. The molecule has 1 saturated heterocycles. The van der Waals surface area contributed by atoms with Gasteiger partial charge in [-0.15, -0.1) is 0 Å². The number of sulfonamides is 1. The molecule has 2 N–H and O–H groups in total. The van der Waals surface area contributed by atoms with E-state index >= 15 is 0 Å². The Labute approximate surface area is 92.9 Å². The van der Waals surface area contributed by atoms with Crippen LogP contribution in [0.15, 0.2) is 0 Å². The molecule has 0 aliphatic carbocycles. The topological polar surface area (TPSA) is 63.4 Å². The van der Waals surface area contributed by atoms with Crippen LogP contribution in [0.4, 0.5) is 0 Å². The Bertz CT molecular complexity index is 288. The Morgan fingerprint density at radius 1 is 1.53 bits per heavy atom. The molecule has 1 aliphatic rings. The second-order valence-corrected chi connectivity index (χ2v) is 6.52. The Kier molecular flexibility index (Phi) is 4.55. The summed E-state index contributed by atoms with van der Waals surface area (Å²) >= 11 is 0. The summed E-state index contributed by atoms with van der Waals surface area (Å²) in [5, 5.41) is 0. The predicted molar refractivity (Wildman–Crippen MR) is 62.0 cm³/mol. The van der Waals surface area contributed by atoms with Crippen molar-refractivity contribution in [3.05, 3.63) is 0 Å². The van der Waals surface area contributed by atoms with Gasteiger partial charge in [0.05, 0.1) is 5.75 Å². The maximum atomic E-state index is 11.8. The van der Waals surface area contributed by atoms with Crippen molar-refractivity contribution in [2.75, 3.05) is 18.8 Å². The van der Waals surface area contributed by atoms with E-state index in [1.54, 1.807) is 4.31 Å². The SMILES string of the molecule is CCCCS(=O)(=O)N1CCC(C(C)N)C1. The lowest BCUT2D eigenvalue weighted by Crippen LogP contribution is -2.34. The molecule has 15 heavy (non-hydrogen) atoms. The third-order valence-electron chi connectivity index (χ3n) is 3.08. The minimum absolute atomic E-state index is 0.0939. The predicted octanol–water partition coefficient (Wildman–Crippen LogP) is 0.785. The normalized spacial score (nSPS) is 25.7. The summed E-state index contributed by atoms with van der Waals surface area (Å²) in [5.74, 6) is 0.622. The highest BCUT2D eigenvalue weighted by Gasteiger charge is 2.32. The first-order valence-electron chi connectivity index (χ1n) is 5.70. The molecule has 0 aromatic carbocycles. The maximum absolute atomic E-state index is 11.8. The fourth-order valence-corrected chi connectivity index (χ4v) is 3.61. The summed E-state index contributed by atoms with van der Waals surface area (Å²) in [7, 11) is -3.01. The smallest absolute Gasteiger partial charge is 0.214 e. The Morgan fingerprint density at radius 3 is 2.67 bits per heavy atom. The quantitative estimate of drug-likeness (QED) is 0.765. The third kappa shape index (κ3) is 3.43. The molecule has 0 amide bonds. The molecule has 0 radical (unpaired) electrons. The highest BCUT2D eigenvalue weighted by Crippen LogP contribution is 2.22. The molecule has 4 nitrogen and oxygen atoms in total. The molecule has 2 unspecified atom stereocenters. The highest BCUT2D eigenvalue weighted by atomic mass is 32.2. The van der Waals surface area contributed by atoms with Gasteiger partial charge in [-0.25, -0.2) is 12.7 Å². The van der Waals surface area contributed by atoms with Crippen molar-refractivity contribution in [1.29, 1.82) is 0 Å². The highest BCUT2D eigenvalue weighted by molar-refractivity contribution is 7.89. The molecular weight excluding hydrogens is 212 g/mol. The number of hydrogen-bond donors (Lipinski definition) is 1. The number of nitrogens with zero attached hydrogens (tertiary/aromatic N) is 1. The lowest BCUT2D eigenvalue weighted by atomic mass is 10.0. The van der Waals surface area contributed by atoms with Gasteiger partial charge in [0.1, 0.15) is 0 Å². The van der Waals surface area contributed by atoms with E-state index in [-0.39, 0.29) is 11.8 Å². The van der Waals surface area contributed by atoms with E-state index < -0.39 is 10.0 Å². The first-order chi connectivity index (χ1) is 6.97. The zero-order valence-corrected chi connectivity index (χ0v) is 10.5. The fraction of sp³-hybridized carbons (Fsp3) is 1.00. The van der Waals surface area contributed by atoms with Crippen LogP contribution in [0, 0.1) is 5.92 Å². The standard InChI is InChI=1S/C10H22N2O2S/c1-3-4-7-15(13,14)12-6-5-10(8-12)9(2)11/h9-10H,3-8,11H2,1-2H3. The van der Waals surface area contributed by atoms with Crippen LogP contribution >= 0.6 is 0 Å². The van der Waals surface area contributed by atoms with Gasteiger partial charge in [0.2, 0.25) is 10.0 Å².